The van der Waals surface area contributed by atoms with E-state index in [-0.39, 0.29) is 0 Å². The molecule has 0 bridgehead atoms. The Morgan fingerprint density at radius 3 is 2.54 bits per heavy atom. The average molecular weight is 364 g/mol. The van der Waals surface area contributed by atoms with Gasteiger partial charge in [-0.3, -0.25) is 4.79 Å². The van der Waals surface area contributed by atoms with Crippen molar-refractivity contribution in [3.63, 3.8) is 0 Å². The first kappa shape index (κ1) is 17.9. The van der Waals surface area contributed by atoms with Crippen molar-refractivity contribution in [2.24, 2.45) is 5.73 Å². The summed E-state index contributed by atoms with van der Waals surface area (Å²) >= 11 is 1.70. The van der Waals surface area contributed by atoms with Crippen molar-refractivity contribution in [1.29, 1.82) is 0 Å². The Hall–Kier alpha value is -2.92. The molecule has 0 fully saturated rings. The van der Waals surface area contributed by atoms with Crippen LogP contribution in [0.4, 0.5) is 5.69 Å². The van der Waals surface area contributed by atoms with E-state index in [0.29, 0.717) is 11.3 Å². The van der Waals surface area contributed by atoms with Gasteiger partial charge in [-0.15, -0.1) is 11.8 Å². The van der Waals surface area contributed by atoms with Gasteiger partial charge in [0.1, 0.15) is 5.75 Å². The van der Waals surface area contributed by atoms with Crippen LogP contribution < -0.4 is 16.2 Å². The van der Waals surface area contributed by atoms with E-state index in [2.05, 4.69) is 0 Å². The third-order valence-corrected chi connectivity index (χ3v) is 5.11. The van der Waals surface area contributed by atoms with Gasteiger partial charge in [0.25, 0.3) is 0 Å². The van der Waals surface area contributed by atoms with Crippen molar-refractivity contribution in [1.82, 2.24) is 0 Å². The number of anilines is 1. The van der Waals surface area contributed by atoms with Crippen molar-refractivity contribution < 1.29 is 9.53 Å². The monoisotopic (exact) mass is 364 g/mol. The van der Waals surface area contributed by atoms with Crippen LogP contribution in [0.15, 0.2) is 71.6 Å². The van der Waals surface area contributed by atoms with Gasteiger partial charge in [0.05, 0.1) is 7.11 Å². The van der Waals surface area contributed by atoms with E-state index >= 15 is 0 Å². The summed E-state index contributed by atoms with van der Waals surface area (Å²) in [6.45, 7) is 0. The second kappa shape index (κ2) is 7.97. The molecule has 0 radical (unpaired) electrons. The van der Waals surface area contributed by atoms with Gasteiger partial charge in [-0.1, -0.05) is 30.3 Å². The maximum atomic E-state index is 11.8. The fourth-order valence-electron chi connectivity index (χ4n) is 2.72. The number of carbonyl (C=O) groups is 1. The summed E-state index contributed by atoms with van der Waals surface area (Å²) in [4.78, 5) is 12.9. The minimum absolute atomic E-state index is 0.463. The van der Waals surface area contributed by atoms with E-state index in [4.69, 9.17) is 16.2 Å². The SMILES string of the molecule is COc1cccc(SCc2ccc(C(N)=O)c(-c3ccccc3N)c2)c1. The highest BCUT2D eigenvalue weighted by Gasteiger charge is 2.13. The summed E-state index contributed by atoms with van der Waals surface area (Å²) in [6.07, 6.45) is 0. The number of nitrogens with two attached hydrogens (primary N) is 2. The Balaban J connectivity index is 1.90. The molecule has 0 unspecified atom stereocenters. The number of ether oxygens (including phenoxy) is 1. The molecule has 132 valence electrons. The summed E-state index contributed by atoms with van der Waals surface area (Å²) < 4.78 is 5.26. The van der Waals surface area contributed by atoms with Gasteiger partial charge in [-0.05, 0) is 47.5 Å². The Bertz CT molecular complexity index is 941. The molecule has 0 aliphatic rings. The molecule has 26 heavy (non-hydrogen) atoms. The van der Waals surface area contributed by atoms with Crippen molar-refractivity contribution in [3.8, 4) is 16.9 Å². The van der Waals surface area contributed by atoms with Gasteiger partial charge in [-0.25, -0.2) is 0 Å². The number of primary amides is 1. The number of para-hydroxylation sites is 1. The molecular formula is C21H20N2O2S. The molecule has 0 spiro atoms. The number of carbonyl (C=O) groups excluding carboxylic acids is 1. The predicted molar refractivity (Wildman–Crippen MR) is 107 cm³/mol. The highest BCUT2D eigenvalue weighted by molar-refractivity contribution is 7.98. The Morgan fingerprint density at radius 1 is 1.00 bits per heavy atom. The number of nitrogen functional groups attached to an aromatic ring is 1. The number of hydrogen-bond donors (Lipinski definition) is 2. The number of thioether (sulfide) groups is 1. The van der Waals surface area contributed by atoms with Crippen LogP contribution >= 0.6 is 11.8 Å². The molecule has 0 aliphatic heterocycles. The minimum Gasteiger partial charge on any atom is -0.497 e. The number of hydrogen-bond acceptors (Lipinski definition) is 4. The van der Waals surface area contributed by atoms with E-state index in [1.54, 1.807) is 24.9 Å². The van der Waals surface area contributed by atoms with Crippen molar-refractivity contribution in [2.75, 3.05) is 12.8 Å². The lowest BCUT2D eigenvalue weighted by atomic mass is 9.96. The number of benzene rings is 3. The molecular weight excluding hydrogens is 344 g/mol. The Labute approximate surface area is 157 Å². The Kier molecular flexibility index (Phi) is 5.49. The molecule has 1 amide bonds. The van der Waals surface area contributed by atoms with Crippen molar-refractivity contribution in [2.45, 2.75) is 10.6 Å². The molecule has 3 rings (SSSR count). The van der Waals surface area contributed by atoms with Crippen LogP contribution in [-0.2, 0) is 5.75 Å². The first-order chi connectivity index (χ1) is 12.6. The number of rotatable bonds is 6. The quantitative estimate of drug-likeness (QED) is 0.504. The molecule has 0 aliphatic carbocycles. The van der Waals surface area contributed by atoms with Gasteiger partial charge in [0, 0.05) is 27.5 Å². The zero-order valence-corrected chi connectivity index (χ0v) is 15.3. The summed E-state index contributed by atoms with van der Waals surface area (Å²) in [5, 5.41) is 0. The number of methoxy groups -OCH3 is 1. The standard InChI is InChI=1S/C21H20N2O2S/c1-25-15-5-4-6-16(12-15)26-13-14-9-10-18(21(23)24)19(11-14)17-7-2-3-8-20(17)22/h2-12H,13,22H2,1H3,(H2,23,24). The van der Waals surface area contributed by atoms with E-state index < -0.39 is 5.91 Å². The smallest absolute Gasteiger partial charge is 0.249 e. The molecule has 0 saturated carbocycles. The van der Waals surface area contributed by atoms with E-state index in [0.717, 1.165) is 33.1 Å². The predicted octanol–water partition coefficient (Wildman–Crippen LogP) is 4.34. The lowest BCUT2D eigenvalue weighted by molar-refractivity contribution is 0.100. The van der Waals surface area contributed by atoms with Crippen LogP contribution in [0.2, 0.25) is 0 Å². The molecule has 3 aromatic rings. The zero-order valence-electron chi connectivity index (χ0n) is 14.4. The first-order valence-electron chi connectivity index (χ1n) is 8.13. The third kappa shape index (κ3) is 4.00. The van der Waals surface area contributed by atoms with Crippen molar-refractivity contribution in [3.05, 3.63) is 77.9 Å². The summed E-state index contributed by atoms with van der Waals surface area (Å²) in [7, 11) is 1.66. The summed E-state index contributed by atoms with van der Waals surface area (Å²) in [5.74, 6) is 1.12. The molecule has 0 aromatic heterocycles. The van der Waals surface area contributed by atoms with Gasteiger partial charge in [0.2, 0.25) is 5.91 Å². The van der Waals surface area contributed by atoms with Crippen molar-refractivity contribution >= 4 is 23.4 Å². The molecule has 5 heteroatoms. The van der Waals surface area contributed by atoms with Crippen LogP contribution in [0.25, 0.3) is 11.1 Å². The maximum absolute atomic E-state index is 11.8. The number of amides is 1. The minimum atomic E-state index is -0.463. The van der Waals surface area contributed by atoms with E-state index in [9.17, 15) is 4.79 Å². The second-order valence-corrected chi connectivity index (χ2v) is 6.85. The molecule has 0 atom stereocenters. The maximum Gasteiger partial charge on any atom is 0.249 e. The van der Waals surface area contributed by atoms with Gasteiger partial charge in [-0.2, -0.15) is 0 Å². The third-order valence-electron chi connectivity index (χ3n) is 4.05. The zero-order chi connectivity index (χ0) is 18.5. The van der Waals surface area contributed by atoms with E-state index in [1.165, 1.54) is 0 Å². The highest BCUT2D eigenvalue weighted by Crippen LogP contribution is 2.32. The van der Waals surface area contributed by atoms with Crippen LogP contribution in [0.3, 0.4) is 0 Å². The largest absolute Gasteiger partial charge is 0.497 e. The van der Waals surface area contributed by atoms with Crippen LogP contribution in [-0.4, -0.2) is 13.0 Å². The summed E-state index contributed by atoms with van der Waals surface area (Å²) in [5.41, 5.74) is 15.4. The fraction of sp³-hybridized carbons (Fsp3) is 0.0952. The summed E-state index contributed by atoms with van der Waals surface area (Å²) in [6, 6.07) is 21.1. The molecule has 0 saturated heterocycles. The molecule has 4 nitrogen and oxygen atoms in total. The fourth-order valence-corrected chi connectivity index (χ4v) is 3.61. The lowest BCUT2D eigenvalue weighted by Crippen LogP contribution is -2.13. The molecule has 4 N–H and O–H groups in total. The topological polar surface area (TPSA) is 78.3 Å². The molecule has 0 heterocycles. The van der Waals surface area contributed by atoms with Crippen LogP contribution in [0.5, 0.6) is 5.75 Å². The molecule has 3 aromatic carbocycles. The van der Waals surface area contributed by atoms with Crippen LogP contribution in [0.1, 0.15) is 15.9 Å². The van der Waals surface area contributed by atoms with Gasteiger partial charge >= 0.3 is 0 Å². The first-order valence-corrected chi connectivity index (χ1v) is 9.11. The second-order valence-electron chi connectivity index (χ2n) is 5.80. The van der Waals surface area contributed by atoms with Gasteiger partial charge < -0.3 is 16.2 Å². The lowest BCUT2D eigenvalue weighted by Gasteiger charge is -2.12. The average Bonchev–Trinajstić information content (AvgIpc) is 2.66. The van der Waals surface area contributed by atoms with E-state index in [1.807, 2.05) is 60.7 Å². The Morgan fingerprint density at radius 2 is 1.81 bits per heavy atom. The highest BCUT2D eigenvalue weighted by atomic mass is 32.2. The van der Waals surface area contributed by atoms with Crippen LogP contribution in [0, 0.1) is 0 Å². The normalized spacial score (nSPS) is 10.5. The van der Waals surface area contributed by atoms with Gasteiger partial charge in [0.15, 0.2) is 0 Å².